The standard InChI is InChI=1S/C14H19NO3S/c1-2-14(16)15-10-8-13(9-11-15)19(17,18)12-6-4-3-5-7-12/h3-7,13H,2,8-11H2,1H3. The molecule has 1 aliphatic heterocycles. The van der Waals surface area contributed by atoms with Gasteiger partial charge in [-0.25, -0.2) is 8.42 Å². The van der Waals surface area contributed by atoms with Crippen LogP contribution in [-0.4, -0.2) is 37.6 Å². The number of hydrogen-bond donors (Lipinski definition) is 0. The van der Waals surface area contributed by atoms with Gasteiger partial charge in [-0.05, 0) is 25.0 Å². The van der Waals surface area contributed by atoms with Crippen molar-refractivity contribution < 1.29 is 13.2 Å². The van der Waals surface area contributed by atoms with Crippen LogP contribution >= 0.6 is 0 Å². The lowest BCUT2D eigenvalue weighted by molar-refractivity contribution is -0.131. The molecule has 0 atom stereocenters. The second kappa shape index (κ2) is 5.74. The van der Waals surface area contributed by atoms with E-state index in [1.54, 1.807) is 29.2 Å². The number of carbonyl (C=O) groups excluding carboxylic acids is 1. The Morgan fingerprint density at radius 1 is 1.21 bits per heavy atom. The quantitative estimate of drug-likeness (QED) is 0.850. The van der Waals surface area contributed by atoms with Crippen molar-refractivity contribution in [2.45, 2.75) is 36.3 Å². The Morgan fingerprint density at radius 3 is 2.32 bits per heavy atom. The van der Waals surface area contributed by atoms with E-state index in [2.05, 4.69) is 0 Å². The third-order valence-electron chi connectivity index (χ3n) is 3.61. The van der Waals surface area contributed by atoms with Crippen LogP contribution < -0.4 is 0 Å². The molecule has 1 heterocycles. The summed E-state index contributed by atoms with van der Waals surface area (Å²) in [5.41, 5.74) is 0. The fourth-order valence-electron chi connectivity index (χ4n) is 2.44. The van der Waals surface area contributed by atoms with Crippen LogP contribution in [0.4, 0.5) is 0 Å². The average molecular weight is 281 g/mol. The van der Waals surface area contributed by atoms with Crippen LogP contribution in [-0.2, 0) is 14.6 Å². The van der Waals surface area contributed by atoms with E-state index in [-0.39, 0.29) is 11.2 Å². The molecule has 1 saturated heterocycles. The van der Waals surface area contributed by atoms with E-state index in [1.807, 2.05) is 13.0 Å². The minimum Gasteiger partial charge on any atom is -0.343 e. The Morgan fingerprint density at radius 2 is 1.79 bits per heavy atom. The summed E-state index contributed by atoms with van der Waals surface area (Å²) < 4.78 is 24.9. The Hall–Kier alpha value is -1.36. The first kappa shape index (κ1) is 14.1. The zero-order valence-electron chi connectivity index (χ0n) is 11.1. The molecule has 0 spiro atoms. The highest BCUT2D eigenvalue weighted by atomic mass is 32.2. The molecule has 0 N–H and O–H groups in total. The number of rotatable bonds is 3. The van der Waals surface area contributed by atoms with Gasteiger partial charge in [0.05, 0.1) is 10.1 Å². The Bertz CT molecular complexity index is 531. The fraction of sp³-hybridized carbons (Fsp3) is 0.500. The van der Waals surface area contributed by atoms with Crippen LogP contribution in [0.25, 0.3) is 0 Å². The van der Waals surface area contributed by atoms with E-state index in [0.29, 0.717) is 37.2 Å². The van der Waals surface area contributed by atoms with E-state index in [9.17, 15) is 13.2 Å². The zero-order valence-corrected chi connectivity index (χ0v) is 11.9. The van der Waals surface area contributed by atoms with Crippen LogP contribution in [0.5, 0.6) is 0 Å². The molecular weight excluding hydrogens is 262 g/mol. The van der Waals surface area contributed by atoms with Gasteiger partial charge in [0.15, 0.2) is 9.84 Å². The molecular formula is C14H19NO3S. The number of sulfone groups is 1. The lowest BCUT2D eigenvalue weighted by atomic mass is 10.1. The minimum absolute atomic E-state index is 0.107. The molecule has 0 aromatic heterocycles. The highest BCUT2D eigenvalue weighted by molar-refractivity contribution is 7.92. The van der Waals surface area contributed by atoms with E-state index in [0.717, 1.165) is 0 Å². The molecule has 1 aliphatic rings. The monoisotopic (exact) mass is 281 g/mol. The van der Waals surface area contributed by atoms with Gasteiger partial charge in [0, 0.05) is 19.5 Å². The van der Waals surface area contributed by atoms with Gasteiger partial charge in [-0.3, -0.25) is 4.79 Å². The topological polar surface area (TPSA) is 54.5 Å². The van der Waals surface area contributed by atoms with E-state index in [4.69, 9.17) is 0 Å². The molecule has 0 radical (unpaired) electrons. The molecule has 1 fully saturated rings. The Labute approximate surface area is 114 Å². The summed E-state index contributed by atoms with van der Waals surface area (Å²) in [5, 5.41) is -0.365. The Kier molecular flexibility index (Phi) is 4.24. The van der Waals surface area contributed by atoms with Crippen LogP contribution in [0.2, 0.25) is 0 Å². The molecule has 5 heteroatoms. The smallest absolute Gasteiger partial charge is 0.222 e. The number of piperidine rings is 1. The van der Waals surface area contributed by atoms with Gasteiger partial charge in [-0.15, -0.1) is 0 Å². The summed E-state index contributed by atoms with van der Waals surface area (Å²) in [6.45, 7) is 2.92. The van der Waals surface area contributed by atoms with Crippen LogP contribution in [0.15, 0.2) is 35.2 Å². The van der Waals surface area contributed by atoms with E-state index in [1.165, 1.54) is 0 Å². The highest BCUT2D eigenvalue weighted by Gasteiger charge is 2.32. The van der Waals surface area contributed by atoms with Crippen molar-refractivity contribution in [1.29, 1.82) is 0 Å². The first-order valence-electron chi connectivity index (χ1n) is 6.62. The lowest BCUT2D eigenvalue weighted by Gasteiger charge is -2.31. The molecule has 1 aromatic rings. The summed E-state index contributed by atoms with van der Waals surface area (Å²) in [7, 11) is -3.26. The summed E-state index contributed by atoms with van der Waals surface area (Å²) in [6, 6.07) is 8.56. The number of likely N-dealkylation sites (tertiary alicyclic amines) is 1. The Balaban J connectivity index is 2.08. The fourth-order valence-corrected chi connectivity index (χ4v) is 4.19. The van der Waals surface area contributed by atoms with E-state index < -0.39 is 9.84 Å². The van der Waals surface area contributed by atoms with Gasteiger partial charge in [-0.2, -0.15) is 0 Å². The molecule has 19 heavy (non-hydrogen) atoms. The second-order valence-corrected chi connectivity index (χ2v) is 7.02. The molecule has 0 aliphatic carbocycles. The lowest BCUT2D eigenvalue weighted by Crippen LogP contribution is -2.42. The van der Waals surface area contributed by atoms with Gasteiger partial charge in [0.25, 0.3) is 0 Å². The molecule has 2 rings (SSSR count). The number of nitrogens with zero attached hydrogens (tertiary/aromatic N) is 1. The molecule has 0 bridgehead atoms. The van der Waals surface area contributed by atoms with Gasteiger partial charge in [0.2, 0.25) is 5.91 Å². The maximum atomic E-state index is 12.4. The van der Waals surface area contributed by atoms with Gasteiger partial charge >= 0.3 is 0 Å². The van der Waals surface area contributed by atoms with Gasteiger partial charge < -0.3 is 4.90 Å². The third kappa shape index (κ3) is 2.97. The van der Waals surface area contributed by atoms with Crippen molar-refractivity contribution in [2.24, 2.45) is 0 Å². The normalized spacial score (nSPS) is 17.4. The molecule has 1 aromatic carbocycles. The summed E-state index contributed by atoms with van der Waals surface area (Å²) in [6.07, 6.45) is 1.54. The number of amides is 1. The first-order chi connectivity index (χ1) is 9.05. The molecule has 104 valence electrons. The van der Waals surface area contributed by atoms with Gasteiger partial charge in [-0.1, -0.05) is 25.1 Å². The first-order valence-corrected chi connectivity index (χ1v) is 8.17. The molecule has 1 amide bonds. The molecule has 4 nitrogen and oxygen atoms in total. The van der Waals surface area contributed by atoms with Crippen LogP contribution in [0.1, 0.15) is 26.2 Å². The summed E-state index contributed by atoms with van der Waals surface area (Å²) in [4.78, 5) is 13.7. The van der Waals surface area contributed by atoms with Crippen molar-refractivity contribution >= 4 is 15.7 Å². The molecule has 0 unspecified atom stereocenters. The van der Waals surface area contributed by atoms with E-state index >= 15 is 0 Å². The molecule has 0 saturated carbocycles. The summed E-state index contributed by atoms with van der Waals surface area (Å²) in [5.74, 6) is 0.107. The van der Waals surface area contributed by atoms with Crippen molar-refractivity contribution in [3.63, 3.8) is 0 Å². The zero-order chi connectivity index (χ0) is 13.9. The predicted molar refractivity (Wildman–Crippen MR) is 73.5 cm³/mol. The van der Waals surface area contributed by atoms with Crippen LogP contribution in [0.3, 0.4) is 0 Å². The van der Waals surface area contributed by atoms with Crippen molar-refractivity contribution in [3.05, 3.63) is 30.3 Å². The largest absolute Gasteiger partial charge is 0.343 e. The van der Waals surface area contributed by atoms with Gasteiger partial charge in [0.1, 0.15) is 0 Å². The maximum absolute atomic E-state index is 12.4. The van der Waals surface area contributed by atoms with Crippen molar-refractivity contribution in [2.75, 3.05) is 13.1 Å². The second-order valence-electron chi connectivity index (χ2n) is 4.79. The number of hydrogen-bond acceptors (Lipinski definition) is 3. The van der Waals surface area contributed by atoms with Crippen molar-refractivity contribution in [1.82, 2.24) is 4.90 Å². The SMILES string of the molecule is CCC(=O)N1CCC(S(=O)(=O)c2ccccc2)CC1. The van der Waals surface area contributed by atoms with Crippen molar-refractivity contribution in [3.8, 4) is 0 Å². The third-order valence-corrected chi connectivity index (χ3v) is 5.89. The number of benzene rings is 1. The maximum Gasteiger partial charge on any atom is 0.222 e. The minimum atomic E-state index is -3.26. The van der Waals surface area contributed by atoms with Crippen LogP contribution in [0, 0.1) is 0 Å². The average Bonchev–Trinajstić information content (AvgIpc) is 2.47. The predicted octanol–water partition coefficient (Wildman–Crippen LogP) is 1.86. The highest BCUT2D eigenvalue weighted by Crippen LogP contribution is 2.24. The summed E-state index contributed by atoms with van der Waals surface area (Å²) >= 11 is 0. The number of carbonyl (C=O) groups is 1.